The van der Waals surface area contributed by atoms with Crippen LogP contribution in [0.15, 0.2) is 24.3 Å². The number of alkyl halides is 3. The molecule has 0 atom stereocenters. The predicted molar refractivity (Wildman–Crippen MR) is 74.5 cm³/mol. The zero-order valence-electron chi connectivity index (χ0n) is 10.3. The van der Waals surface area contributed by atoms with Gasteiger partial charge in [0.15, 0.2) is 21.6 Å². The predicted octanol–water partition coefficient (Wildman–Crippen LogP) is 2.94. The van der Waals surface area contributed by atoms with Gasteiger partial charge >= 0.3 is 6.18 Å². The minimum absolute atomic E-state index is 0.142. The maximum Gasteiger partial charge on any atom is 0.416 e. The third-order valence-electron chi connectivity index (χ3n) is 2.77. The van der Waals surface area contributed by atoms with Gasteiger partial charge in [-0.25, -0.2) is 15.0 Å². The fraction of sp³-hybridized carbons (Fsp3) is 0.0833. The summed E-state index contributed by atoms with van der Waals surface area (Å²) in [4.78, 5) is 12.8. The first-order valence-electron chi connectivity index (χ1n) is 5.72. The largest absolute Gasteiger partial charge is 0.416 e. The van der Waals surface area contributed by atoms with Crippen LogP contribution in [0.1, 0.15) is 5.56 Å². The maximum absolute atomic E-state index is 12.5. The van der Waals surface area contributed by atoms with Gasteiger partial charge in [0.05, 0.1) is 5.56 Å². The zero-order valence-corrected chi connectivity index (χ0v) is 11.2. The van der Waals surface area contributed by atoms with Gasteiger partial charge in [0.1, 0.15) is 5.52 Å². The molecule has 21 heavy (non-hydrogen) atoms. The van der Waals surface area contributed by atoms with Crippen LogP contribution in [0.2, 0.25) is 0 Å². The molecule has 3 rings (SSSR count). The Bertz CT molecular complexity index is 810. The van der Waals surface area contributed by atoms with E-state index in [1.807, 2.05) is 0 Å². The molecule has 2 aromatic heterocycles. The standard InChI is InChI=1S/C12H8F3N5S/c13-12(14,15)6-3-1-5(2-4-6)9-19-8(16)7-10(20-9)21-11(17)18-7/h1-4H,(H2,17,18)(H2,16,19,20). The zero-order chi connectivity index (χ0) is 15.2. The summed E-state index contributed by atoms with van der Waals surface area (Å²) in [7, 11) is 0. The Labute approximate surface area is 120 Å². The van der Waals surface area contributed by atoms with E-state index in [2.05, 4.69) is 15.0 Å². The van der Waals surface area contributed by atoms with Gasteiger partial charge < -0.3 is 11.5 Å². The lowest BCUT2D eigenvalue weighted by atomic mass is 10.1. The van der Waals surface area contributed by atoms with Crippen molar-refractivity contribution in [3.63, 3.8) is 0 Å². The van der Waals surface area contributed by atoms with Crippen LogP contribution in [-0.2, 0) is 6.18 Å². The molecule has 2 heterocycles. The van der Waals surface area contributed by atoms with E-state index >= 15 is 0 Å². The number of halogens is 3. The van der Waals surface area contributed by atoms with Gasteiger partial charge in [-0.15, -0.1) is 0 Å². The van der Waals surface area contributed by atoms with Crippen molar-refractivity contribution in [2.24, 2.45) is 0 Å². The number of nitrogens with two attached hydrogens (primary N) is 2. The minimum Gasteiger partial charge on any atom is -0.382 e. The number of aromatic nitrogens is 3. The van der Waals surface area contributed by atoms with Crippen LogP contribution in [0, 0.1) is 0 Å². The van der Waals surface area contributed by atoms with Gasteiger partial charge in [0.25, 0.3) is 0 Å². The van der Waals surface area contributed by atoms with Crippen LogP contribution in [0.3, 0.4) is 0 Å². The molecule has 0 saturated heterocycles. The number of benzene rings is 1. The number of hydrogen-bond acceptors (Lipinski definition) is 6. The van der Waals surface area contributed by atoms with Gasteiger partial charge in [0, 0.05) is 5.56 Å². The Balaban J connectivity index is 2.08. The van der Waals surface area contributed by atoms with Crippen LogP contribution in [0.4, 0.5) is 24.1 Å². The van der Waals surface area contributed by atoms with Gasteiger partial charge in [-0.05, 0) is 12.1 Å². The molecule has 0 spiro atoms. The molecular formula is C12H8F3N5S. The van der Waals surface area contributed by atoms with E-state index in [9.17, 15) is 13.2 Å². The number of anilines is 2. The van der Waals surface area contributed by atoms with Crippen molar-refractivity contribution < 1.29 is 13.2 Å². The molecule has 0 amide bonds. The summed E-state index contributed by atoms with van der Waals surface area (Å²) in [5.74, 6) is 0.375. The first-order valence-corrected chi connectivity index (χ1v) is 6.53. The number of nitrogens with zero attached hydrogens (tertiary/aromatic N) is 3. The van der Waals surface area contributed by atoms with Crippen molar-refractivity contribution in [1.82, 2.24) is 15.0 Å². The smallest absolute Gasteiger partial charge is 0.382 e. The fourth-order valence-corrected chi connectivity index (χ4v) is 2.51. The topological polar surface area (TPSA) is 90.7 Å². The molecule has 0 aliphatic rings. The van der Waals surface area contributed by atoms with E-state index in [1.54, 1.807) is 0 Å². The molecule has 9 heteroatoms. The van der Waals surface area contributed by atoms with Gasteiger partial charge in [-0.1, -0.05) is 23.5 Å². The van der Waals surface area contributed by atoms with Crippen LogP contribution < -0.4 is 11.5 Å². The van der Waals surface area contributed by atoms with E-state index < -0.39 is 11.7 Å². The van der Waals surface area contributed by atoms with Crippen molar-refractivity contribution in [1.29, 1.82) is 0 Å². The molecule has 0 fully saturated rings. The number of thiazole rings is 1. The molecule has 0 aliphatic heterocycles. The highest BCUT2D eigenvalue weighted by molar-refractivity contribution is 7.21. The molecule has 3 aromatic rings. The van der Waals surface area contributed by atoms with E-state index in [-0.39, 0.29) is 11.6 Å². The van der Waals surface area contributed by atoms with Crippen LogP contribution in [-0.4, -0.2) is 15.0 Å². The highest BCUT2D eigenvalue weighted by Gasteiger charge is 2.30. The molecule has 0 saturated carbocycles. The average Bonchev–Trinajstić information content (AvgIpc) is 2.79. The summed E-state index contributed by atoms with van der Waals surface area (Å²) in [6.07, 6.45) is -4.38. The lowest BCUT2D eigenvalue weighted by Gasteiger charge is -2.07. The normalized spacial score (nSPS) is 12.0. The monoisotopic (exact) mass is 311 g/mol. The molecule has 1 aromatic carbocycles. The number of rotatable bonds is 1. The van der Waals surface area contributed by atoms with Crippen LogP contribution in [0.25, 0.3) is 21.7 Å². The summed E-state index contributed by atoms with van der Waals surface area (Å²) in [6.45, 7) is 0. The maximum atomic E-state index is 12.5. The highest BCUT2D eigenvalue weighted by atomic mass is 32.1. The molecule has 5 nitrogen and oxygen atoms in total. The van der Waals surface area contributed by atoms with E-state index in [0.717, 1.165) is 23.5 Å². The number of hydrogen-bond donors (Lipinski definition) is 2. The van der Waals surface area contributed by atoms with Gasteiger partial charge in [-0.2, -0.15) is 13.2 Å². The third kappa shape index (κ3) is 2.47. The molecule has 0 radical (unpaired) electrons. The minimum atomic E-state index is -4.38. The second-order valence-electron chi connectivity index (χ2n) is 4.21. The third-order valence-corrected chi connectivity index (χ3v) is 3.55. The quantitative estimate of drug-likeness (QED) is 0.721. The van der Waals surface area contributed by atoms with Crippen molar-refractivity contribution in [2.75, 3.05) is 11.5 Å². The van der Waals surface area contributed by atoms with Gasteiger partial charge in [-0.3, -0.25) is 0 Å². The van der Waals surface area contributed by atoms with Crippen molar-refractivity contribution in [3.8, 4) is 11.4 Å². The summed E-state index contributed by atoms with van der Waals surface area (Å²) in [5, 5.41) is 0.301. The molecular weight excluding hydrogens is 303 g/mol. The summed E-state index contributed by atoms with van der Waals surface area (Å²) >= 11 is 1.14. The summed E-state index contributed by atoms with van der Waals surface area (Å²) < 4.78 is 37.6. The molecule has 0 unspecified atom stereocenters. The van der Waals surface area contributed by atoms with Crippen molar-refractivity contribution in [3.05, 3.63) is 29.8 Å². The first kappa shape index (κ1) is 13.6. The Morgan fingerprint density at radius 2 is 1.62 bits per heavy atom. The average molecular weight is 311 g/mol. The van der Waals surface area contributed by atoms with Gasteiger partial charge in [0.2, 0.25) is 0 Å². The van der Waals surface area contributed by atoms with Crippen molar-refractivity contribution >= 4 is 32.6 Å². The highest BCUT2D eigenvalue weighted by Crippen LogP contribution is 2.32. The Hall–Kier alpha value is -2.42. The first-order chi connectivity index (χ1) is 9.84. The van der Waals surface area contributed by atoms with E-state index in [0.29, 0.717) is 21.0 Å². The summed E-state index contributed by atoms with van der Waals surface area (Å²) in [6, 6.07) is 4.54. The second-order valence-corrected chi connectivity index (χ2v) is 5.22. The number of nitrogen functional groups attached to an aromatic ring is 2. The van der Waals surface area contributed by atoms with Crippen LogP contribution >= 0.6 is 11.3 Å². The van der Waals surface area contributed by atoms with Crippen molar-refractivity contribution in [2.45, 2.75) is 6.18 Å². The van der Waals surface area contributed by atoms with Crippen LogP contribution in [0.5, 0.6) is 0 Å². The molecule has 0 bridgehead atoms. The molecule has 4 N–H and O–H groups in total. The Morgan fingerprint density at radius 3 is 2.24 bits per heavy atom. The molecule has 0 aliphatic carbocycles. The number of fused-ring (bicyclic) bond motifs is 1. The molecule has 108 valence electrons. The van der Waals surface area contributed by atoms with E-state index in [1.165, 1.54) is 12.1 Å². The van der Waals surface area contributed by atoms with E-state index in [4.69, 9.17) is 11.5 Å². The summed E-state index contributed by atoms with van der Waals surface area (Å²) in [5.41, 5.74) is 11.4. The fourth-order valence-electron chi connectivity index (χ4n) is 1.80. The second kappa shape index (κ2) is 4.55. The lowest BCUT2D eigenvalue weighted by Crippen LogP contribution is -2.04. The lowest BCUT2D eigenvalue weighted by molar-refractivity contribution is -0.137. The SMILES string of the molecule is Nc1nc2c(N)nc(-c3ccc(C(F)(F)F)cc3)nc2s1. The Morgan fingerprint density at radius 1 is 0.952 bits per heavy atom. The Kier molecular flexibility index (Phi) is 2.94.